The van der Waals surface area contributed by atoms with Crippen LogP contribution in [0.4, 0.5) is 0 Å². The Hall–Kier alpha value is -0.700. The second-order valence-electron chi connectivity index (χ2n) is 10.5. The smallest absolute Gasteiger partial charge is 0.544 e. The molecular formula is C23H38NNaO19. The first-order valence-electron chi connectivity index (χ1n) is 13.2. The maximum Gasteiger partial charge on any atom is 1.00 e. The normalized spacial score (nSPS) is 44.2. The molecule has 3 rings (SSSR count). The van der Waals surface area contributed by atoms with E-state index in [1.54, 1.807) is 0 Å². The van der Waals surface area contributed by atoms with E-state index in [1.807, 2.05) is 0 Å². The molecule has 20 nitrogen and oxygen atoms in total. The molecule has 3 fully saturated rings. The number of amides is 1. The summed E-state index contributed by atoms with van der Waals surface area (Å²) in [4.78, 5) is 23.9. The van der Waals surface area contributed by atoms with Gasteiger partial charge in [-0.05, 0) is 0 Å². The van der Waals surface area contributed by atoms with Crippen molar-refractivity contribution in [3.05, 3.63) is 0 Å². The number of aliphatic hydroxyl groups excluding tert-OH is 11. The first-order chi connectivity index (χ1) is 20.1. The third-order valence-corrected chi connectivity index (χ3v) is 7.45. The zero-order valence-corrected chi connectivity index (χ0v) is 25.7. The minimum Gasteiger partial charge on any atom is -0.544 e. The first kappa shape index (κ1) is 39.5. The summed E-state index contributed by atoms with van der Waals surface area (Å²) in [6.07, 6.45) is -27.3. The third kappa shape index (κ3) is 8.41. The summed E-state index contributed by atoms with van der Waals surface area (Å²) in [5.41, 5.74) is 0. The van der Waals surface area contributed by atoms with Crippen LogP contribution in [0.25, 0.3) is 0 Å². The molecule has 0 aromatic heterocycles. The summed E-state index contributed by atoms with van der Waals surface area (Å²) in [6.45, 7) is -1.84. The fourth-order valence-electron chi connectivity index (χ4n) is 5.04. The van der Waals surface area contributed by atoms with Gasteiger partial charge in [0.25, 0.3) is 0 Å². The van der Waals surface area contributed by atoms with Crippen LogP contribution in [0.3, 0.4) is 0 Å². The summed E-state index contributed by atoms with van der Waals surface area (Å²) < 4.78 is 26.5. The van der Waals surface area contributed by atoms with Gasteiger partial charge < -0.3 is 95.1 Å². The van der Waals surface area contributed by atoms with Crippen LogP contribution in [0.15, 0.2) is 0 Å². The molecule has 0 aromatic rings. The van der Waals surface area contributed by atoms with Gasteiger partial charge in [-0.3, -0.25) is 4.79 Å². The van der Waals surface area contributed by atoms with Crippen molar-refractivity contribution in [3.8, 4) is 0 Å². The quantitative estimate of drug-likeness (QED) is 0.0919. The zero-order valence-electron chi connectivity index (χ0n) is 23.7. The van der Waals surface area contributed by atoms with Gasteiger partial charge in [0.1, 0.15) is 73.1 Å². The summed E-state index contributed by atoms with van der Waals surface area (Å²) in [6, 6.07) is -1.51. The van der Waals surface area contributed by atoms with E-state index in [2.05, 4.69) is 5.32 Å². The molecule has 14 unspecified atom stereocenters. The van der Waals surface area contributed by atoms with E-state index in [-0.39, 0.29) is 29.6 Å². The Balaban J connectivity index is 0.00000675. The minimum atomic E-state index is -2.94. The number of aliphatic hydroxyl groups is 11. The van der Waals surface area contributed by atoms with Crippen LogP contribution in [0.5, 0.6) is 0 Å². The molecule has 44 heavy (non-hydrogen) atoms. The number of rotatable bonds is 11. The van der Waals surface area contributed by atoms with Crippen LogP contribution in [0, 0.1) is 0 Å². The average molecular weight is 656 g/mol. The standard InChI is InChI=1S/C23H39NO19.Na/c1-6(27)24-11-7(28)2-23(22(37)38,43-19(11)12(30)8(29)3-25)39-5-10-13(31)14(32)17(35)21(41-10)42-18-9(4-26)40-20(36)16(34)15(18)33;/h7-21,25-26,28-36H,2-5H2,1H3,(H,24,27)(H,37,38);/q;+1/p-1/t7?,8-,9?,10?,11?,12-,13?,14?,15?,16?,17?,18?,19?,20?,21?,23?;/m0./s1. The Kier molecular flexibility index (Phi) is 14.7. The number of aliphatic carboxylic acids is 1. The van der Waals surface area contributed by atoms with Gasteiger partial charge >= 0.3 is 29.6 Å². The number of hydrogen-bond donors (Lipinski definition) is 12. The number of nitrogens with one attached hydrogen (secondary N) is 1. The first-order valence-corrected chi connectivity index (χ1v) is 13.2. The molecule has 12 N–H and O–H groups in total. The number of ether oxygens (including phenoxy) is 5. The molecule has 3 heterocycles. The predicted molar refractivity (Wildman–Crippen MR) is 127 cm³/mol. The Morgan fingerprint density at radius 3 is 2.14 bits per heavy atom. The number of carboxylic acid groups (broad SMARTS) is 1. The van der Waals surface area contributed by atoms with Gasteiger partial charge in [0.2, 0.25) is 11.7 Å². The van der Waals surface area contributed by atoms with Crippen LogP contribution in [0.1, 0.15) is 13.3 Å². The fourth-order valence-corrected chi connectivity index (χ4v) is 5.04. The monoisotopic (exact) mass is 655 g/mol. The van der Waals surface area contributed by atoms with E-state index < -0.39 is 136 Å². The molecule has 0 bridgehead atoms. The molecule has 3 saturated heterocycles. The zero-order chi connectivity index (χ0) is 32.4. The third-order valence-electron chi connectivity index (χ3n) is 7.45. The summed E-state index contributed by atoms with van der Waals surface area (Å²) in [5.74, 6) is -5.80. The largest absolute Gasteiger partial charge is 1.00 e. The van der Waals surface area contributed by atoms with Crippen LogP contribution in [-0.2, 0) is 33.3 Å². The van der Waals surface area contributed by atoms with Gasteiger partial charge in [0.05, 0.1) is 32.0 Å². The molecule has 16 atom stereocenters. The maximum atomic E-state index is 12.2. The fraction of sp³-hybridized carbons (Fsp3) is 0.913. The molecule has 0 aliphatic carbocycles. The van der Waals surface area contributed by atoms with Crippen molar-refractivity contribution in [2.75, 3.05) is 19.8 Å². The number of hydrogen-bond acceptors (Lipinski definition) is 19. The molecule has 21 heteroatoms. The summed E-state index contributed by atoms with van der Waals surface area (Å²) in [5, 5.41) is 126. The molecule has 3 aliphatic heterocycles. The van der Waals surface area contributed by atoms with Gasteiger partial charge in [0, 0.05) is 13.3 Å². The predicted octanol–water partition coefficient (Wildman–Crippen LogP) is -12.6. The van der Waals surface area contributed by atoms with Crippen molar-refractivity contribution in [2.24, 2.45) is 0 Å². The Morgan fingerprint density at radius 2 is 1.59 bits per heavy atom. The molecule has 0 saturated carbocycles. The summed E-state index contributed by atoms with van der Waals surface area (Å²) >= 11 is 0. The second kappa shape index (κ2) is 16.4. The molecule has 3 aliphatic rings. The number of carbonyl (C=O) groups is 2. The molecule has 250 valence electrons. The van der Waals surface area contributed by atoms with E-state index in [1.165, 1.54) is 0 Å². The van der Waals surface area contributed by atoms with Crippen molar-refractivity contribution in [1.82, 2.24) is 5.32 Å². The number of carbonyl (C=O) groups excluding carboxylic acids is 2. The van der Waals surface area contributed by atoms with Crippen LogP contribution in [0.2, 0.25) is 0 Å². The summed E-state index contributed by atoms with van der Waals surface area (Å²) in [7, 11) is 0. The minimum absolute atomic E-state index is 0. The van der Waals surface area contributed by atoms with Crippen molar-refractivity contribution >= 4 is 11.9 Å². The topological polar surface area (TPSA) is 338 Å². The Labute approximate surface area is 271 Å². The molecule has 0 aromatic carbocycles. The van der Waals surface area contributed by atoms with Crippen molar-refractivity contribution in [1.29, 1.82) is 0 Å². The van der Waals surface area contributed by atoms with Crippen LogP contribution in [-0.4, -0.2) is 186 Å². The van der Waals surface area contributed by atoms with Crippen LogP contribution < -0.4 is 40.0 Å². The van der Waals surface area contributed by atoms with E-state index in [9.17, 15) is 70.9 Å². The maximum absolute atomic E-state index is 12.2. The van der Waals surface area contributed by atoms with Crippen molar-refractivity contribution < 1.29 is 124 Å². The molecular weight excluding hydrogens is 617 g/mol. The van der Waals surface area contributed by atoms with E-state index in [0.717, 1.165) is 6.92 Å². The van der Waals surface area contributed by atoms with Gasteiger partial charge in [-0.25, -0.2) is 0 Å². The molecule has 0 radical (unpaired) electrons. The average Bonchev–Trinajstić information content (AvgIpc) is 2.96. The Morgan fingerprint density at radius 1 is 0.955 bits per heavy atom. The van der Waals surface area contributed by atoms with E-state index in [4.69, 9.17) is 23.7 Å². The Bertz CT molecular complexity index is 949. The van der Waals surface area contributed by atoms with E-state index >= 15 is 0 Å². The van der Waals surface area contributed by atoms with Crippen LogP contribution >= 0.6 is 0 Å². The van der Waals surface area contributed by atoms with E-state index in [0.29, 0.717) is 0 Å². The molecule has 1 amide bonds. The van der Waals surface area contributed by atoms with Gasteiger partial charge in [0.15, 0.2) is 12.6 Å². The van der Waals surface area contributed by atoms with Gasteiger partial charge in [-0.2, -0.15) is 0 Å². The van der Waals surface area contributed by atoms with Gasteiger partial charge in [-0.1, -0.05) is 0 Å². The number of carboxylic acids is 1. The SMILES string of the molecule is CC(=O)NC1C(O)CC(OCC2OC(OC3C(CO)OC(O)C(O)C3O)C(O)C(O)C2O)(C(=O)[O-])OC1[C@@H](O)[C@@H](O)CO.[Na+]. The van der Waals surface area contributed by atoms with Gasteiger partial charge in [-0.15, -0.1) is 0 Å². The van der Waals surface area contributed by atoms with Crippen molar-refractivity contribution in [2.45, 2.75) is 111 Å². The second-order valence-corrected chi connectivity index (χ2v) is 10.5. The van der Waals surface area contributed by atoms with Crippen molar-refractivity contribution in [3.63, 3.8) is 0 Å². The molecule has 0 spiro atoms.